The quantitative estimate of drug-likeness (QED) is 0.738. The highest BCUT2D eigenvalue weighted by atomic mass is 35.5. The summed E-state index contributed by atoms with van der Waals surface area (Å²) in [5, 5.41) is 3.29. The van der Waals surface area contributed by atoms with Crippen LogP contribution in [-0.2, 0) is 9.53 Å². The van der Waals surface area contributed by atoms with Gasteiger partial charge in [0.25, 0.3) is 0 Å². The van der Waals surface area contributed by atoms with E-state index in [4.69, 9.17) is 4.74 Å². The maximum Gasteiger partial charge on any atom is 0.306 e. The molecule has 84 valence electrons. The molecule has 0 aromatic heterocycles. The Kier molecular flexibility index (Phi) is 6.93. The molecule has 0 aliphatic carbocycles. The molecular weight excluding hydrogens is 202 g/mol. The van der Waals surface area contributed by atoms with Crippen molar-refractivity contribution in [3.8, 4) is 0 Å². The number of esters is 1. The van der Waals surface area contributed by atoms with Gasteiger partial charge in [-0.15, -0.1) is 12.4 Å². The normalized spacial score (nSPS) is 21.5. The third-order valence-electron chi connectivity index (χ3n) is 2.22. The molecule has 14 heavy (non-hydrogen) atoms. The summed E-state index contributed by atoms with van der Waals surface area (Å²) in [6.45, 7) is 5.83. The summed E-state index contributed by atoms with van der Waals surface area (Å²) in [5.41, 5.74) is 0. The first-order valence-electron chi connectivity index (χ1n) is 5.08. The largest absolute Gasteiger partial charge is 0.463 e. The van der Waals surface area contributed by atoms with Gasteiger partial charge in [-0.05, 0) is 45.7 Å². The van der Waals surface area contributed by atoms with E-state index in [1.807, 2.05) is 13.8 Å². The third kappa shape index (κ3) is 5.45. The second kappa shape index (κ2) is 7.07. The maximum atomic E-state index is 11.3. The Bertz CT molecular complexity index is 168. The van der Waals surface area contributed by atoms with Crippen LogP contribution < -0.4 is 5.32 Å². The zero-order valence-corrected chi connectivity index (χ0v) is 9.73. The lowest BCUT2D eigenvalue weighted by molar-refractivity contribution is -0.148. The molecule has 0 aromatic carbocycles. The topological polar surface area (TPSA) is 38.3 Å². The summed E-state index contributed by atoms with van der Waals surface area (Å²) < 4.78 is 5.09. The molecule has 0 radical (unpaired) electrons. The molecule has 1 fully saturated rings. The zero-order valence-electron chi connectivity index (χ0n) is 8.91. The number of rotatable bonds is 3. The van der Waals surface area contributed by atoms with Gasteiger partial charge in [0.2, 0.25) is 0 Å². The van der Waals surface area contributed by atoms with Gasteiger partial charge in [0.05, 0.1) is 6.10 Å². The minimum Gasteiger partial charge on any atom is -0.463 e. The van der Waals surface area contributed by atoms with Crippen LogP contribution in [0.15, 0.2) is 0 Å². The van der Waals surface area contributed by atoms with Crippen LogP contribution in [0.4, 0.5) is 0 Å². The fraction of sp³-hybridized carbons (Fsp3) is 0.900. The average molecular weight is 222 g/mol. The molecule has 1 unspecified atom stereocenters. The average Bonchev–Trinajstić information content (AvgIpc) is 2.04. The minimum atomic E-state index is -0.0521. The molecule has 1 heterocycles. The van der Waals surface area contributed by atoms with Crippen LogP contribution in [0.2, 0.25) is 0 Å². The number of nitrogens with one attached hydrogen (secondary N) is 1. The highest BCUT2D eigenvalue weighted by molar-refractivity contribution is 5.85. The number of hydrogen-bond acceptors (Lipinski definition) is 3. The summed E-state index contributed by atoms with van der Waals surface area (Å²) >= 11 is 0. The lowest BCUT2D eigenvalue weighted by Crippen LogP contribution is -2.31. The Hall–Kier alpha value is -0.280. The first kappa shape index (κ1) is 13.7. The minimum absolute atomic E-state index is 0. The van der Waals surface area contributed by atoms with Gasteiger partial charge >= 0.3 is 5.97 Å². The number of carbonyl (C=O) groups is 1. The molecule has 0 saturated carbocycles. The molecule has 0 aromatic rings. The van der Waals surface area contributed by atoms with Crippen molar-refractivity contribution in [3.05, 3.63) is 0 Å². The van der Waals surface area contributed by atoms with Crippen molar-refractivity contribution in [1.29, 1.82) is 0 Å². The molecule has 1 N–H and O–H groups in total. The van der Waals surface area contributed by atoms with Gasteiger partial charge in [-0.3, -0.25) is 4.79 Å². The van der Waals surface area contributed by atoms with E-state index in [9.17, 15) is 4.79 Å². The van der Waals surface area contributed by atoms with E-state index < -0.39 is 0 Å². The molecule has 4 heteroatoms. The van der Waals surface area contributed by atoms with Crippen molar-refractivity contribution in [2.75, 3.05) is 13.1 Å². The van der Waals surface area contributed by atoms with Gasteiger partial charge in [0, 0.05) is 6.42 Å². The molecule has 0 bridgehead atoms. The summed E-state index contributed by atoms with van der Waals surface area (Å²) in [6.07, 6.45) is 2.93. The number of halogens is 1. The predicted octanol–water partition coefficient (Wildman–Crippen LogP) is 1.75. The molecular formula is C10H20ClNO2. The fourth-order valence-corrected chi connectivity index (χ4v) is 1.64. The van der Waals surface area contributed by atoms with Crippen molar-refractivity contribution in [2.24, 2.45) is 5.92 Å². The highest BCUT2D eigenvalue weighted by Crippen LogP contribution is 2.14. The Morgan fingerprint density at radius 1 is 1.57 bits per heavy atom. The van der Waals surface area contributed by atoms with Crippen LogP contribution in [-0.4, -0.2) is 25.2 Å². The Morgan fingerprint density at radius 2 is 2.29 bits per heavy atom. The van der Waals surface area contributed by atoms with Gasteiger partial charge in [-0.2, -0.15) is 0 Å². The molecule has 0 amide bonds. The number of carbonyl (C=O) groups excluding carboxylic acids is 1. The molecule has 3 nitrogen and oxygen atoms in total. The van der Waals surface area contributed by atoms with Crippen molar-refractivity contribution in [1.82, 2.24) is 5.32 Å². The van der Waals surface area contributed by atoms with Crippen LogP contribution in [0.1, 0.15) is 33.1 Å². The number of ether oxygens (including phenoxy) is 1. The maximum absolute atomic E-state index is 11.3. The smallest absolute Gasteiger partial charge is 0.306 e. The van der Waals surface area contributed by atoms with Crippen LogP contribution in [0.3, 0.4) is 0 Å². The second-order valence-corrected chi connectivity index (χ2v) is 3.96. The van der Waals surface area contributed by atoms with Crippen molar-refractivity contribution < 1.29 is 9.53 Å². The van der Waals surface area contributed by atoms with Gasteiger partial charge in [0.1, 0.15) is 0 Å². The Balaban J connectivity index is 0.00000169. The van der Waals surface area contributed by atoms with Crippen LogP contribution >= 0.6 is 12.4 Å². The van der Waals surface area contributed by atoms with Crippen molar-refractivity contribution >= 4 is 18.4 Å². The lowest BCUT2D eigenvalue weighted by atomic mass is 9.96. The zero-order chi connectivity index (χ0) is 9.68. The van der Waals surface area contributed by atoms with E-state index in [2.05, 4.69) is 5.32 Å². The molecule has 1 aliphatic heterocycles. The molecule has 0 spiro atoms. The monoisotopic (exact) mass is 221 g/mol. The second-order valence-electron chi connectivity index (χ2n) is 3.96. The van der Waals surface area contributed by atoms with Gasteiger partial charge < -0.3 is 10.1 Å². The SMILES string of the molecule is CC(C)OC(=O)CC1CCCNC1.Cl. The first-order valence-corrected chi connectivity index (χ1v) is 5.08. The van der Waals surface area contributed by atoms with E-state index in [-0.39, 0.29) is 24.5 Å². The van der Waals surface area contributed by atoms with Crippen LogP contribution in [0.25, 0.3) is 0 Å². The summed E-state index contributed by atoms with van der Waals surface area (Å²) in [5.74, 6) is 0.434. The van der Waals surface area contributed by atoms with E-state index in [0.29, 0.717) is 12.3 Å². The Morgan fingerprint density at radius 3 is 2.79 bits per heavy atom. The summed E-state index contributed by atoms with van der Waals surface area (Å²) in [7, 11) is 0. The highest BCUT2D eigenvalue weighted by Gasteiger charge is 2.17. The van der Waals surface area contributed by atoms with E-state index in [0.717, 1.165) is 19.5 Å². The van der Waals surface area contributed by atoms with Crippen LogP contribution in [0.5, 0.6) is 0 Å². The number of piperidine rings is 1. The first-order chi connectivity index (χ1) is 6.18. The van der Waals surface area contributed by atoms with E-state index in [1.54, 1.807) is 0 Å². The van der Waals surface area contributed by atoms with Gasteiger partial charge in [0.15, 0.2) is 0 Å². The fourth-order valence-electron chi connectivity index (χ4n) is 1.64. The summed E-state index contributed by atoms with van der Waals surface area (Å²) in [6, 6.07) is 0. The van der Waals surface area contributed by atoms with Gasteiger partial charge in [-0.1, -0.05) is 0 Å². The lowest BCUT2D eigenvalue weighted by Gasteiger charge is -2.22. The van der Waals surface area contributed by atoms with E-state index >= 15 is 0 Å². The Labute approximate surface area is 92.0 Å². The van der Waals surface area contributed by atoms with Crippen molar-refractivity contribution in [3.63, 3.8) is 0 Å². The predicted molar refractivity (Wildman–Crippen MR) is 58.7 cm³/mol. The molecule has 1 aliphatic rings. The van der Waals surface area contributed by atoms with Crippen molar-refractivity contribution in [2.45, 2.75) is 39.2 Å². The third-order valence-corrected chi connectivity index (χ3v) is 2.22. The van der Waals surface area contributed by atoms with E-state index in [1.165, 1.54) is 6.42 Å². The summed E-state index contributed by atoms with van der Waals surface area (Å²) in [4.78, 5) is 11.3. The number of hydrogen-bond donors (Lipinski definition) is 1. The van der Waals surface area contributed by atoms with Gasteiger partial charge in [-0.25, -0.2) is 0 Å². The molecule has 1 atom stereocenters. The molecule has 1 saturated heterocycles. The van der Waals surface area contributed by atoms with Crippen LogP contribution in [0, 0.1) is 5.92 Å². The molecule has 1 rings (SSSR count). The standard InChI is InChI=1S/C10H19NO2.ClH/c1-8(2)13-10(12)6-9-4-3-5-11-7-9;/h8-9,11H,3-7H2,1-2H3;1H.